The normalized spacial score (nSPS) is 18.0. The van der Waals surface area contributed by atoms with Gasteiger partial charge in [-0.25, -0.2) is 9.59 Å². The van der Waals surface area contributed by atoms with Crippen LogP contribution in [-0.4, -0.2) is 34.7 Å². The van der Waals surface area contributed by atoms with Crippen molar-refractivity contribution in [3.05, 3.63) is 28.8 Å². The summed E-state index contributed by atoms with van der Waals surface area (Å²) >= 11 is 7.83. The number of carboxylic acids is 1. The highest BCUT2D eigenvalue weighted by molar-refractivity contribution is 7.99. The summed E-state index contributed by atoms with van der Waals surface area (Å²) in [6.07, 6.45) is 3.55. The summed E-state index contributed by atoms with van der Waals surface area (Å²) in [5.41, 5.74) is 0.378. The molecule has 0 bridgehead atoms. The van der Waals surface area contributed by atoms with Crippen LogP contribution in [0.15, 0.2) is 18.2 Å². The van der Waals surface area contributed by atoms with Gasteiger partial charge in [0.2, 0.25) is 0 Å². The van der Waals surface area contributed by atoms with Crippen molar-refractivity contribution in [1.82, 2.24) is 5.32 Å². The molecule has 21 heavy (non-hydrogen) atoms. The van der Waals surface area contributed by atoms with E-state index in [0.717, 1.165) is 12.2 Å². The number of carbonyl (C=O) groups excluding carboxylic acids is 1. The summed E-state index contributed by atoms with van der Waals surface area (Å²) < 4.78 is 0. The molecule has 0 spiro atoms. The molecule has 1 fully saturated rings. The number of carbonyl (C=O) groups is 2. The third-order valence-electron chi connectivity index (χ3n) is 3.23. The first-order valence-electron chi connectivity index (χ1n) is 6.75. The fourth-order valence-electron chi connectivity index (χ4n) is 2.10. The highest BCUT2D eigenvalue weighted by Crippen LogP contribution is 2.25. The quantitative estimate of drug-likeness (QED) is 0.791. The van der Waals surface area contributed by atoms with Crippen molar-refractivity contribution in [2.75, 3.05) is 17.6 Å². The van der Waals surface area contributed by atoms with Crippen molar-refractivity contribution in [1.29, 1.82) is 0 Å². The van der Waals surface area contributed by atoms with Crippen LogP contribution in [0.4, 0.5) is 10.5 Å². The number of benzene rings is 1. The van der Waals surface area contributed by atoms with E-state index in [1.165, 1.54) is 31.0 Å². The Bertz CT molecular complexity index is 533. The van der Waals surface area contributed by atoms with E-state index in [4.69, 9.17) is 16.7 Å². The van der Waals surface area contributed by atoms with E-state index in [1.54, 1.807) is 0 Å². The molecule has 2 amide bonds. The number of rotatable bonds is 4. The molecule has 7 heteroatoms. The molecule has 0 radical (unpaired) electrons. The molecule has 1 atom stereocenters. The second-order valence-electron chi connectivity index (χ2n) is 4.82. The number of hydrogen-bond acceptors (Lipinski definition) is 3. The average Bonchev–Trinajstić information content (AvgIpc) is 2.48. The van der Waals surface area contributed by atoms with Gasteiger partial charge in [-0.3, -0.25) is 0 Å². The van der Waals surface area contributed by atoms with Gasteiger partial charge in [0.25, 0.3) is 0 Å². The van der Waals surface area contributed by atoms with Crippen LogP contribution < -0.4 is 10.6 Å². The minimum absolute atomic E-state index is 0.0811. The fraction of sp³-hybridized carbons (Fsp3) is 0.429. The number of urea groups is 1. The number of thioether (sulfide) groups is 1. The Hall–Kier alpha value is -1.40. The van der Waals surface area contributed by atoms with Crippen molar-refractivity contribution >= 4 is 41.1 Å². The van der Waals surface area contributed by atoms with Crippen molar-refractivity contribution in [3.63, 3.8) is 0 Å². The second kappa shape index (κ2) is 7.56. The van der Waals surface area contributed by atoms with Crippen molar-refractivity contribution in [2.45, 2.75) is 24.5 Å². The summed E-state index contributed by atoms with van der Waals surface area (Å²) in [6.45, 7) is 0.604. The third-order valence-corrected chi connectivity index (χ3v) is 4.95. The molecule has 1 saturated heterocycles. The number of anilines is 1. The number of carboxylic acid groups (broad SMARTS) is 1. The Kier molecular flexibility index (Phi) is 5.76. The van der Waals surface area contributed by atoms with E-state index in [-0.39, 0.29) is 11.6 Å². The molecule has 0 aliphatic carbocycles. The van der Waals surface area contributed by atoms with Gasteiger partial charge in [0.15, 0.2) is 0 Å². The van der Waals surface area contributed by atoms with E-state index in [9.17, 15) is 9.59 Å². The van der Waals surface area contributed by atoms with E-state index < -0.39 is 5.97 Å². The van der Waals surface area contributed by atoms with Crippen LogP contribution in [0.25, 0.3) is 0 Å². The van der Waals surface area contributed by atoms with Crippen LogP contribution in [0.3, 0.4) is 0 Å². The lowest BCUT2D eigenvalue weighted by atomic mass is 10.2. The molecule has 3 N–H and O–H groups in total. The SMILES string of the molecule is O=C(NCC1CCCCS1)Nc1cc(C(=O)O)ccc1Cl. The monoisotopic (exact) mass is 328 g/mol. The standard InChI is InChI=1S/C14H17ClN2O3S/c15-11-5-4-9(13(18)19)7-12(11)17-14(20)16-8-10-3-1-2-6-21-10/h4-5,7,10H,1-3,6,8H2,(H,18,19)(H2,16,17,20). The highest BCUT2D eigenvalue weighted by atomic mass is 35.5. The highest BCUT2D eigenvalue weighted by Gasteiger charge is 2.15. The zero-order valence-corrected chi connectivity index (χ0v) is 13.0. The molecule has 1 aliphatic rings. The lowest BCUT2D eigenvalue weighted by Gasteiger charge is -2.21. The Morgan fingerprint density at radius 1 is 1.38 bits per heavy atom. The Labute approximate surface area is 132 Å². The average molecular weight is 329 g/mol. The van der Waals surface area contributed by atoms with Crippen molar-refractivity contribution < 1.29 is 14.7 Å². The number of halogens is 1. The first-order valence-corrected chi connectivity index (χ1v) is 8.18. The Balaban J connectivity index is 1.89. The van der Waals surface area contributed by atoms with Crippen LogP contribution >= 0.6 is 23.4 Å². The minimum atomic E-state index is -1.06. The lowest BCUT2D eigenvalue weighted by Crippen LogP contribution is -2.35. The maximum absolute atomic E-state index is 11.9. The van der Waals surface area contributed by atoms with Gasteiger partial charge >= 0.3 is 12.0 Å². The summed E-state index contributed by atoms with van der Waals surface area (Å²) in [6, 6.07) is 3.83. The van der Waals surface area contributed by atoms with Crippen molar-refractivity contribution in [2.24, 2.45) is 0 Å². The van der Waals surface area contributed by atoms with Crippen LogP contribution in [0.2, 0.25) is 5.02 Å². The van der Waals surface area contributed by atoms with Crippen LogP contribution in [0, 0.1) is 0 Å². The molecular formula is C14H17ClN2O3S. The smallest absolute Gasteiger partial charge is 0.335 e. The molecule has 0 saturated carbocycles. The number of hydrogen-bond donors (Lipinski definition) is 3. The zero-order chi connectivity index (χ0) is 15.2. The first kappa shape index (κ1) is 16.0. The predicted octanol–water partition coefficient (Wildman–Crippen LogP) is 3.45. The topological polar surface area (TPSA) is 78.4 Å². The maximum atomic E-state index is 11.9. The first-order chi connectivity index (χ1) is 10.1. The summed E-state index contributed by atoms with van der Waals surface area (Å²) in [5, 5.41) is 15.1. The van der Waals surface area contributed by atoms with Gasteiger partial charge in [0.05, 0.1) is 16.3 Å². The summed E-state index contributed by atoms with van der Waals surface area (Å²) in [4.78, 5) is 22.8. The van der Waals surface area contributed by atoms with Crippen molar-refractivity contribution in [3.8, 4) is 0 Å². The molecule has 0 aromatic heterocycles. The zero-order valence-electron chi connectivity index (χ0n) is 11.4. The van der Waals surface area contributed by atoms with Crippen LogP contribution in [-0.2, 0) is 0 Å². The third kappa shape index (κ3) is 4.82. The van der Waals surface area contributed by atoms with Gasteiger partial charge in [-0.2, -0.15) is 11.8 Å². The fourth-order valence-corrected chi connectivity index (χ4v) is 3.50. The van der Waals surface area contributed by atoms with Gasteiger partial charge in [0, 0.05) is 11.8 Å². The van der Waals surface area contributed by atoms with Gasteiger partial charge in [-0.1, -0.05) is 18.0 Å². The molecule has 1 heterocycles. The number of amides is 2. The molecule has 1 aromatic carbocycles. The number of aromatic carboxylic acids is 1. The summed E-state index contributed by atoms with van der Waals surface area (Å²) in [5.74, 6) is 0.0780. The molecule has 114 valence electrons. The maximum Gasteiger partial charge on any atom is 0.335 e. The molecule has 5 nitrogen and oxygen atoms in total. The van der Waals surface area contributed by atoms with E-state index in [0.29, 0.717) is 22.5 Å². The molecule has 1 aromatic rings. The van der Waals surface area contributed by atoms with Gasteiger partial charge in [-0.05, 0) is 36.8 Å². The van der Waals surface area contributed by atoms with Gasteiger partial charge < -0.3 is 15.7 Å². The second-order valence-corrected chi connectivity index (χ2v) is 6.64. The molecule has 1 aliphatic heterocycles. The Morgan fingerprint density at radius 3 is 2.86 bits per heavy atom. The van der Waals surface area contributed by atoms with E-state index >= 15 is 0 Å². The summed E-state index contributed by atoms with van der Waals surface area (Å²) in [7, 11) is 0. The Morgan fingerprint density at radius 2 is 2.19 bits per heavy atom. The predicted molar refractivity (Wildman–Crippen MR) is 85.5 cm³/mol. The van der Waals surface area contributed by atoms with Crippen LogP contribution in [0.1, 0.15) is 29.6 Å². The number of nitrogens with one attached hydrogen (secondary N) is 2. The van der Waals surface area contributed by atoms with Crippen LogP contribution in [0.5, 0.6) is 0 Å². The van der Waals surface area contributed by atoms with Gasteiger partial charge in [0.1, 0.15) is 0 Å². The largest absolute Gasteiger partial charge is 0.478 e. The van der Waals surface area contributed by atoms with Gasteiger partial charge in [-0.15, -0.1) is 0 Å². The van der Waals surface area contributed by atoms with E-state index in [2.05, 4.69) is 10.6 Å². The molecule has 2 rings (SSSR count). The minimum Gasteiger partial charge on any atom is -0.478 e. The molecular weight excluding hydrogens is 312 g/mol. The lowest BCUT2D eigenvalue weighted by molar-refractivity contribution is 0.0697. The molecule has 1 unspecified atom stereocenters. The van der Waals surface area contributed by atoms with E-state index in [1.807, 2.05) is 11.8 Å².